The zero-order valence-electron chi connectivity index (χ0n) is 6.64. The Kier molecular flexibility index (Phi) is 1.90. The fraction of sp³-hybridized carbons (Fsp3) is 0.100. The van der Waals surface area contributed by atoms with Crippen LogP contribution in [0.2, 0.25) is 0 Å². The fourth-order valence-electron chi connectivity index (χ4n) is 1.10. The summed E-state index contributed by atoms with van der Waals surface area (Å²) in [6.45, 7) is 0.691. The third kappa shape index (κ3) is 1.37. The molecule has 1 radical (unpaired) electrons. The van der Waals surface area contributed by atoms with Crippen molar-refractivity contribution >= 4 is 11.9 Å². The van der Waals surface area contributed by atoms with Gasteiger partial charge < -0.3 is 4.90 Å². The lowest BCUT2D eigenvalue weighted by Crippen LogP contribution is -2.18. The molecule has 0 unspecified atom stereocenters. The van der Waals surface area contributed by atoms with Crippen molar-refractivity contribution in [1.29, 1.82) is 0 Å². The van der Waals surface area contributed by atoms with E-state index in [-0.39, 0.29) is 0 Å². The number of anilines is 1. The molecule has 12 heavy (non-hydrogen) atoms. The summed E-state index contributed by atoms with van der Waals surface area (Å²) < 4.78 is 0. The third-order valence-electron chi connectivity index (χ3n) is 1.69. The van der Waals surface area contributed by atoms with Crippen LogP contribution in [0, 0.1) is 6.07 Å². The number of para-hydroxylation sites is 1. The van der Waals surface area contributed by atoms with Gasteiger partial charge in [0, 0.05) is 18.5 Å². The average molecular weight is 157 g/mol. The van der Waals surface area contributed by atoms with E-state index >= 15 is 0 Å². The van der Waals surface area contributed by atoms with Crippen molar-refractivity contribution in [2.45, 2.75) is 0 Å². The maximum absolute atomic E-state index is 4.13. The first-order valence-corrected chi connectivity index (χ1v) is 3.87. The molecule has 1 aliphatic heterocycles. The molecule has 0 saturated heterocycles. The number of hydrogen-bond acceptors (Lipinski definition) is 2. The monoisotopic (exact) mass is 157 g/mol. The van der Waals surface area contributed by atoms with Gasteiger partial charge in [-0.15, -0.1) is 0 Å². The van der Waals surface area contributed by atoms with Gasteiger partial charge >= 0.3 is 0 Å². The van der Waals surface area contributed by atoms with Gasteiger partial charge in [0.05, 0.1) is 5.69 Å². The Hall–Kier alpha value is -1.57. The summed E-state index contributed by atoms with van der Waals surface area (Å²) in [5.41, 5.74) is 1.06. The van der Waals surface area contributed by atoms with E-state index in [9.17, 15) is 0 Å². The van der Waals surface area contributed by atoms with E-state index < -0.39 is 0 Å². The van der Waals surface area contributed by atoms with Gasteiger partial charge in [-0.1, -0.05) is 18.2 Å². The third-order valence-corrected chi connectivity index (χ3v) is 1.69. The summed E-state index contributed by atoms with van der Waals surface area (Å²) in [7, 11) is 0. The molecule has 0 bridgehead atoms. The van der Waals surface area contributed by atoms with Crippen LogP contribution in [-0.4, -0.2) is 12.9 Å². The molecule has 0 aliphatic carbocycles. The molecule has 1 aliphatic rings. The average Bonchev–Trinajstić information content (AvgIpc) is 2.21. The molecule has 2 rings (SSSR count). The van der Waals surface area contributed by atoms with Crippen molar-refractivity contribution in [3.63, 3.8) is 0 Å². The van der Waals surface area contributed by atoms with Gasteiger partial charge in [-0.3, -0.25) is 4.99 Å². The minimum Gasteiger partial charge on any atom is -0.327 e. The smallest absolute Gasteiger partial charge is 0.114 e. The fourth-order valence-corrected chi connectivity index (χ4v) is 1.10. The quantitative estimate of drug-likeness (QED) is 0.607. The van der Waals surface area contributed by atoms with Gasteiger partial charge in [-0.05, 0) is 12.1 Å². The SMILES string of the molecule is [c]1ccccc1N1C=CC=NC1. The molecule has 1 heterocycles. The molecule has 2 heteroatoms. The van der Waals surface area contributed by atoms with Crippen LogP contribution >= 0.6 is 0 Å². The largest absolute Gasteiger partial charge is 0.327 e. The summed E-state index contributed by atoms with van der Waals surface area (Å²) in [5.74, 6) is 0. The lowest BCUT2D eigenvalue weighted by molar-refractivity contribution is 0.969. The first-order valence-electron chi connectivity index (χ1n) is 3.87. The Morgan fingerprint density at radius 1 is 1.42 bits per heavy atom. The Morgan fingerprint density at radius 2 is 2.42 bits per heavy atom. The highest BCUT2D eigenvalue weighted by Crippen LogP contribution is 2.13. The van der Waals surface area contributed by atoms with Crippen LogP contribution in [0.1, 0.15) is 0 Å². The van der Waals surface area contributed by atoms with Crippen molar-refractivity contribution in [3.8, 4) is 0 Å². The molecule has 0 atom stereocenters. The second-order valence-corrected chi connectivity index (χ2v) is 2.53. The number of hydrogen-bond donors (Lipinski definition) is 0. The summed E-state index contributed by atoms with van der Waals surface area (Å²) >= 11 is 0. The normalized spacial score (nSPS) is 15.2. The predicted molar refractivity (Wildman–Crippen MR) is 50.3 cm³/mol. The lowest BCUT2D eigenvalue weighted by atomic mass is 10.3. The summed E-state index contributed by atoms with van der Waals surface area (Å²) in [4.78, 5) is 6.17. The van der Waals surface area contributed by atoms with E-state index in [1.807, 2.05) is 41.4 Å². The van der Waals surface area contributed by atoms with Gasteiger partial charge in [0.2, 0.25) is 0 Å². The van der Waals surface area contributed by atoms with E-state index in [2.05, 4.69) is 11.1 Å². The summed E-state index contributed by atoms with van der Waals surface area (Å²) in [6.07, 6.45) is 5.72. The number of nitrogens with zero attached hydrogens (tertiary/aromatic N) is 2. The first-order chi connectivity index (χ1) is 5.97. The van der Waals surface area contributed by atoms with Crippen molar-refractivity contribution in [2.75, 3.05) is 11.6 Å². The Morgan fingerprint density at radius 3 is 3.08 bits per heavy atom. The van der Waals surface area contributed by atoms with Gasteiger partial charge in [0.25, 0.3) is 0 Å². The van der Waals surface area contributed by atoms with Crippen molar-refractivity contribution < 1.29 is 0 Å². The van der Waals surface area contributed by atoms with E-state index in [4.69, 9.17) is 0 Å². The number of aliphatic imine (C=N–C) groups is 1. The highest BCUT2D eigenvalue weighted by Gasteiger charge is 2.01. The van der Waals surface area contributed by atoms with E-state index in [1.54, 1.807) is 6.21 Å². The molecule has 0 spiro atoms. The van der Waals surface area contributed by atoms with Crippen molar-refractivity contribution in [1.82, 2.24) is 0 Å². The highest BCUT2D eigenvalue weighted by molar-refractivity contribution is 5.73. The Bertz CT molecular complexity index is 301. The minimum atomic E-state index is 0.691. The Labute approximate surface area is 71.9 Å². The minimum absolute atomic E-state index is 0.691. The molecule has 0 aromatic heterocycles. The standard InChI is InChI=1S/C10H9N2/c1-2-5-10(6-3-1)12-8-4-7-11-9-12/h1-5,7-8H,9H2. The zero-order valence-corrected chi connectivity index (χ0v) is 6.64. The maximum Gasteiger partial charge on any atom is 0.114 e. The van der Waals surface area contributed by atoms with Crippen LogP contribution in [0.25, 0.3) is 0 Å². The second-order valence-electron chi connectivity index (χ2n) is 2.53. The molecule has 0 saturated carbocycles. The van der Waals surface area contributed by atoms with Crippen molar-refractivity contribution in [3.05, 3.63) is 42.6 Å². The zero-order chi connectivity index (χ0) is 8.23. The first kappa shape index (κ1) is 7.10. The molecular formula is C10H9N2. The lowest BCUT2D eigenvalue weighted by Gasteiger charge is -2.18. The predicted octanol–water partition coefficient (Wildman–Crippen LogP) is 1.85. The molecular weight excluding hydrogens is 148 g/mol. The number of benzene rings is 1. The maximum atomic E-state index is 4.13. The van der Waals surface area contributed by atoms with E-state index in [0.717, 1.165) is 5.69 Å². The van der Waals surface area contributed by atoms with Crippen LogP contribution in [-0.2, 0) is 0 Å². The summed E-state index contributed by atoms with van der Waals surface area (Å²) in [5, 5.41) is 0. The highest BCUT2D eigenvalue weighted by atomic mass is 15.2. The molecule has 2 nitrogen and oxygen atoms in total. The van der Waals surface area contributed by atoms with E-state index in [1.165, 1.54) is 0 Å². The van der Waals surface area contributed by atoms with Crippen LogP contribution in [0.4, 0.5) is 5.69 Å². The van der Waals surface area contributed by atoms with Gasteiger partial charge in [0.1, 0.15) is 6.67 Å². The van der Waals surface area contributed by atoms with E-state index in [0.29, 0.717) is 6.67 Å². The molecule has 1 aromatic rings. The van der Waals surface area contributed by atoms with Crippen molar-refractivity contribution in [2.24, 2.45) is 4.99 Å². The second kappa shape index (κ2) is 3.22. The molecule has 0 amide bonds. The Balaban J connectivity index is 2.21. The number of rotatable bonds is 1. The van der Waals surface area contributed by atoms with Gasteiger partial charge in [0.15, 0.2) is 0 Å². The molecule has 59 valence electrons. The number of allylic oxidation sites excluding steroid dienone is 1. The van der Waals surface area contributed by atoms with Crippen LogP contribution in [0.5, 0.6) is 0 Å². The van der Waals surface area contributed by atoms with Crippen LogP contribution in [0.3, 0.4) is 0 Å². The topological polar surface area (TPSA) is 15.6 Å². The van der Waals surface area contributed by atoms with Gasteiger partial charge in [-0.25, -0.2) is 0 Å². The summed E-state index contributed by atoms with van der Waals surface area (Å²) in [6, 6.07) is 11.0. The molecule has 0 N–H and O–H groups in total. The molecule has 0 fully saturated rings. The van der Waals surface area contributed by atoms with Crippen LogP contribution in [0.15, 0.2) is 41.5 Å². The molecule has 1 aromatic carbocycles. The van der Waals surface area contributed by atoms with Crippen LogP contribution < -0.4 is 4.90 Å². The van der Waals surface area contributed by atoms with Gasteiger partial charge in [-0.2, -0.15) is 0 Å².